The summed E-state index contributed by atoms with van der Waals surface area (Å²) in [6, 6.07) is 0. The number of nitrogens with zero attached hydrogens (tertiary/aromatic N) is 2. The number of halogens is 1. The van der Waals surface area contributed by atoms with Gasteiger partial charge in [-0.2, -0.15) is 0 Å². The fourth-order valence-electron chi connectivity index (χ4n) is 0.552. The van der Waals surface area contributed by atoms with Gasteiger partial charge < -0.3 is 0 Å². The number of rotatable bonds is 1. The van der Waals surface area contributed by atoms with Crippen LogP contribution in [0.3, 0.4) is 0 Å². The summed E-state index contributed by atoms with van der Waals surface area (Å²) in [4.78, 5) is 7.55. The van der Waals surface area contributed by atoms with Crippen LogP contribution in [0.2, 0.25) is 5.02 Å². The third kappa shape index (κ3) is 1.39. The fraction of sp³-hybridized carbons (Fsp3) is 0.333. The van der Waals surface area contributed by atoms with Gasteiger partial charge in [0.25, 0.3) is 0 Å². The molecule has 0 fully saturated rings. The van der Waals surface area contributed by atoms with Crippen molar-refractivity contribution in [1.29, 1.82) is 0 Å². The maximum Gasteiger partial charge on any atom is 0.116 e. The highest BCUT2D eigenvalue weighted by Crippen LogP contribution is 2.09. The van der Waals surface area contributed by atoms with E-state index in [-0.39, 0.29) is 0 Å². The molecule has 0 aliphatic heterocycles. The molecule has 0 atom stereocenters. The van der Waals surface area contributed by atoms with Gasteiger partial charge in [0.15, 0.2) is 0 Å². The van der Waals surface area contributed by atoms with Gasteiger partial charge in [0.05, 0.1) is 10.7 Å². The number of hydrogen-bond donors (Lipinski definition) is 0. The first-order valence-corrected chi connectivity index (χ1v) is 3.09. The lowest BCUT2D eigenvalue weighted by molar-refractivity contribution is 0.995. The van der Waals surface area contributed by atoms with Crippen LogP contribution in [0.4, 0.5) is 0 Å². The zero-order valence-corrected chi connectivity index (χ0v) is 5.81. The largest absolute Gasteiger partial charge is 0.240 e. The third-order valence-corrected chi connectivity index (χ3v) is 1.32. The van der Waals surface area contributed by atoms with Crippen LogP contribution in [-0.2, 0) is 6.42 Å². The Morgan fingerprint density at radius 3 is 3.00 bits per heavy atom. The van der Waals surface area contributed by atoms with E-state index in [0.29, 0.717) is 5.02 Å². The van der Waals surface area contributed by atoms with Crippen molar-refractivity contribution in [2.75, 3.05) is 0 Å². The van der Waals surface area contributed by atoms with E-state index in [1.54, 1.807) is 0 Å². The molecule has 3 heteroatoms. The van der Waals surface area contributed by atoms with Crippen LogP contribution in [0.5, 0.6) is 0 Å². The Hall–Kier alpha value is -0.630. The van der Waals surface area contributed by atoms with Gasteiger partial charge in [-0.25, -0.2) is 9.97 Å². The van der Waals surface area contributed by atoms with Crippen LogP contribution in [0.1, 0.15) is 12.6 Å². The van der Waals surface area contributed by atoms with Gasteiger partial charge in [-0.1, -0.05) is 18.5 Å². The second-order valence-corrected chi connectivity index (χ2v) is 1.98. The molecule has 1 aromatic heterocycles. The van der Waals surface area contributed by atoms with E-state index < -0.39 is 0 Å². The SMILES string of the molecule is CCc1ncn[c]c1Cl. The maximum absolute atomic E-state index is 5.64. The molecule has 9 heavy (non-hydrogen) atoms. The molecule has 0 aromatic carbocycles. The minimum atomic E-state index is 0.528. The quantitative estimate of drug-likeness (QED) is 0.592. The Morgan fingerprint density at radius 2 is 2.56 bits per heavy atom. The van der Waals surface area contributed by atoms with E-state index in [9.17, 15) is 0 Å². The smallest absolute Gasteiger partial charge is 0.116 e. The molecule has 0 amide bonds. The van der Waals surface area contributed by atoms with Gasteiger partial charge >= 0.3 is 0 Å². The first-order chi connectivity index (χ1) is 4.34. The lowest BCUT2D eigenvalue weighted by Gasteiger charge is -1.93. The Kier molecular flexibility index (Phi) is 2.01. The van der Waals surface area contributed by atoms with Crippen molar-refractivity contribution in [3.05, 3.63) is 23.2 Å². The zero-order valence-electron chi connectivity index (χ0n) is 5.06. The molecule has 0 N–H and O–H groups in total. The molecule has 2 nitrogen and oxygen atoms in total. The van der Waals surface area contributed by atoms with Crippen molar-refractivity contribution < 1.29 is 0 Å². The summed E-state index contributed by atoms with van der Waals surface area (Å²) in [6.07, 6.45) is 4.88. The van der Waals surface area contributed by atoms with Crippen LogP contribution in [0.25, 0.3) is 0 Å². The molecule has 0 aliphatic rings. The van der Waals surface area contributed by atoms with Crippen LogP contribution in [0.15, 0.2) is 6.33 Å². The minimum absolute atomic E-state index is 0.528. The predicted molar refractivity (Wildman–Crippen MR) is 35.3 cm³/mol. The molecule has 0 saturated heterocycles. The van der Waals surface area contributed by atoms with E-state index in [4.69, 9.17) is 11.6 Å². The van der Waals surface area contributed by atoms with Gasteiger partial charge in [-0.3, -0.25) is 0 Å². The van der Waals surface area contributed by atoms with Crippen molar-refractivity contribution in [2.45, 2.75) is 13.3 Å². The van der Waals surface area contributed by atoms with E-state index in [2.05, 4.69) is 16.2 Å². The third-order valence-electron chi connectivity index (χ3n) is 1.02. The Morgan fingerprint density at radius 1 is 1.78 bits per heavy atom. The molecule has 1 aromatic rings. The highest BCUT2D eigenvalue weighted by atomic mass is 35.5. The lowest BCUT2D eigenvalue weighted by Crippen LogP contribution is -1.88. The summed E-state index contributed by atoms with van der Waals surface area (Å²) in [5, 5.41) is 0.528. The highest BCUT2D eigenvalue weighted by molar-refractivity contribution is 6.30. The highest BCUT2D eigenvalue weighted by Gasteiger charge is 1.95. The normalized spacial score (nSPS) is 9.56. The van der Waals surface area contributed by atoms with E-state index in [1.165, 1.54) is 6.33 Å². The molecule has 1 rings (SSSR count). The Balaban J connectivity index is 3.01. The summed E-state index contributed by atoms with van der Waals surface area (Å²) in [7, 11) is 0. The Bertz CT molecular complexity index is 200. The maximum atomic E-state index is 5.64. The van der Waals surface area contributed by atoms with Crippen molar-refractivity contribution in [3.8, 4) is 0 Å². The predicted octanol–water partition coefficient (Wildman–Crippen LogP) is 1.49. The van der Waals surface area contributed by atoms with Crippen molar-refractivity contribution in [1.82, 2.24) is 9.97 Å². The number of aryl methyl sites for hydroxylation is 1. The number of hydrogen-bond acceptors (Lipinski definition) is 2. The van der Waals surface area contributed by atoms with Crippen LogP contribution < -0.4 is 0 Å². The monoisotopic (exact) mass is 141 g/mol. The average Bonchev–Trinajstić information content (AvgIpc) is 1.89. The van der Waals surface area contributed by atoms with Gasteiger partial charge in [-0.05, 0) is 6.42 Å². The van der Waals surface area contributed by atoms with Crippen molar-refractivity contribution in [2.24, 2.45) is 0 Å². The van der Waals surface area contributed by atoms with E-state index >= 15 is 0 Å². The zero-order chi connectivity index (χ0) is 6.69. The van der Waals surface area contributed by atoms with Crippen molar-refractivity contribution in [3.63, 3.8) is 0 Å². The lowest BCUT2D eigenvalue weighted by atomic mass is 10.3. The number of aromatic nitrogens is 2. The minimum Gasteiger partial charge on any atom is -0.240 e. The first kappa shape index (κ1) is 6.49. The summed E-state index contributed by atoms with van der Waals surface area (Å²) < 4.78 is 0. The summed E-state index contributed by atoms with van der Waals surface area (Å²) in [5.41, 5.74) is 0.853. The standard InChI is InChI=1S/C6H6ClN2/c1-2-6-5(7)3-8-4-9-6/h4H,2H2,1H3. The first-order valence-electron chi connectivity index (χ1n) is 2.71. The summed E-state index contributed by atoms with van der Waals surface area (Å²) in [6.45, 7) is 1.99. The molecule has 1 heterocycles. The fourth-order valence-corrected chi connectivity index (χ4v) is 0.783. The molecule has 47 valence electrons. The van der Waals surface area contributed by atoms with Crippen LogP contribution >= 0.6 is 11.6 Å². The second kappa shape index (κ2) is 2.78. The van der Waals surface area contributed by atoms with Gasteiger partial charge in [-0.15, -0.1) is 0 Å². The topological polar surface area (TPSA) is 25.8 Å². The molecule has 0 spiro atoms. The van der Waals surface area contributed by atoms with E-state index in [0.717, 1.165) is 12.1 Å². The molecular formula is C6H6ClN2. The molecule has 0 aliphatic carbocycles. The van der Waals surface area contributed by atoms with Crippen LogP contribution in [-0.4, -0.2) is 9.97 Å². The molecule has 1 radical (unpaired) electrons. The van der Waals surface area contributed by atoms with Crippen LogP contribution in [0, 0.1) is 6.20 Å². The van der Waals surface area contributed by atoms with Gasteiger partial charge in [0, 0.05) is 0 Å². The van der Waals surface area contributed by atoms with E-state index in [1.807, 2.05) is 6.92 Å². The Labute approximate surface area is 58.9 Å². The van der Waals surface area contributed by atoms with Crippen molar-refractivity contribution >= 4 is 11.6 Å². The molecule has 0 saturated carbocycles. The van der Waals surface area contributed by atoms with Gasteiger partial charge in [0.2, 0.25) is 0 Å². The molecule has 0 bridgehead atoms. The second-order valence-electron chi connectivity index (χ2n) is 1.60. The summed E-state index contributed by atoms with van der Waals surface area (Å²) >= 11 is 5.64. The summed E-state index contributed by atoms with van der Waals surface area (Å²) in [5.74, 6) is 0. The van der Waals surface area contributed by atoms with Gasteiger partial charge in [0.1, 0.15) is 12.5 Å². The average molecular weight is 142 g/mol. The molecule has 0 unspecified atom stereocenters. The molecular weight excluding hydrogens is 136 g/mol.